The van der Waals surface area contributed by atoms with Crippen LogP contribution in [0.5, 0.6) is 0 Å². The smallest absolute Gasteiger partial charge is 0.303 e. The average molecular weight is 178 g/mol. The van der Waals surface area contributed by atoms with Gasteiger partial charge in [0.25, 0.3) is 0 Å². The highest BCUT2D eigenvalue weighted by molar-refractivity contribution is 5.66. The van der Waals surface area contributed by atoms with Gasteiger partial charge in [-0.1, -0.05) is 6.92 Å². The summed E-state index contributed by atoms with van der Waals surface area (Å²) < 4.78 is 0. The average Bonchev–Trinajstić information content (AvgIpc) is 1.35. The van der Waals surface area contributed by atoms with E-state index in [0.29, 0.717) is 6.42 Å². The normalized spacial score (nSPS) is 4.45. The van der Waals surface area contributed by atoms with Crippen molar-refractivity contribution in [1.29, 1.82) is 0 Å². The highest BCUT2D eigenvalue weighted by Crippen LogP contribution is 1.82. The van der Waals surface area contributed by atoms with Gasteiger partial charge in [0, 0.05) is 6.42 Å². The summed E-state index contributed by atoms with van der Waals surface area (Å²) in [6, 6.07) is 0. The zero-order valence-corrected chi connectivity index (χ0v) is 6.27. The first-order valence-electron chi connectivity index (χ1n) is 1.99. The molecule has 7 heteroatoms. The van der Waals surface area contributed by atoms with Crippen LogP contribution in [0.4, 0.5) is 0 Å². The standard InChI is InChI=1S/C4H8O2.5H2O/c1-2-3-4(5)6;;;;;/h2-3H2,1H3,(H,5,6);5*1H2. The van der Waals surface area contributed by atoms with Crippen molar-refractivity contribution in [2.75, 3.05) is 0 Å². The van der Waals surface area contributed by atoms with E-state index in [0.717, 1.165) is 6.42 Å². The minimum atomic E-state index is -0.711. The van der Waals surface area contributed by atoms with Crippen molar-refractivity contribution in [2.24, 2.45) is 0 Å². The number of hydrogen-bond donors (Lipinski definition) is 1. The van der Waals surface area contributed by atoms with Crippen LogP contribution in [0.3, 0.4) is 0 Å². The molecule has 0 aliphatic rings. The molecule has 11 heavy (non-hydrogen) atoms. The van der Waals surface area contributed by atoms with Crippen molar-refractivity contribution >= 4 is 5.97 Å². The van der Waals surface area contributed by atoms with Crippen LogP contribution >= 0.6 is 0 Å². The minimum Gasteiger partial charge on any atom is -0.481 e. The first kappa shape index (κ1) is 48.4. The summed E-state index contributed by atoms with van der Waals surface area (Å²) in [4.78, 5) is 9.60. The lowest BCUT2D eigenvalue weighted by atomic mass is 10.4. The van der Waals surface area contributed by atoms with Crippen LogP contribution in [-0.2, 0) is 4.79 Å². The summed E-state index contributed by atoms with van der Waals surface area (Å²) in [5.74, 6) is -0.711. The van der Waals surface area contributed by atoms with Crippen LogP contribution in [0.2, 0.25) is 0 Å². The summed E-state index contributed by atoms with van der Waals surface area (Å²) in [7, 11) is 0. The minimum absolute atomic E-state index is 0. The van der Waals surface area contributed by atoms with E-state index in [1.54, 1.807) is 0 Å². The molecule has 0 saturated heterocycles. The Bertz CT molecular complexity index is 54.4. The lowest BCUT2D eigenvalue weighted by Gasteiger charge is -1.79. The van der Waals surface area contributed by atoms with Gasteiger partial charge < -0.3 is 32.5 Å². The Morgan fingerprint density at radius 2 is 1.36 bits per heavy atom. The molecule has 11 N–H and O–H groups in total. The Labute approximate surface area is 64.2 Å². The van der Waals surface area contributed by atoms with Crippen molar-refractivity contribution < 1.29 is 37.3 Å². The van der Waals surface area contributed by atoms with Gasteiger partial charge in [0.2, 0.25) is 0 Å². The van der Waals surface area contributed by atoms with Crippen molar-refractivity contribution in [3.05, 3.63) is 0 Å². The van der Waals surface area contributed by atoms with Gasteiger partial charge in [-0.3, -0.25) is 4.79 Å². The SMILES string of the molecule is CCCC(=O)O.O.O.O.O.O. The van der Waals surface area contributed by atoms with E-state index in [1.165, 1.54) is 0 Å². The molecule has 0 saturated carbocycles. The molecule has 7 nitrogen and oxygen atoms in total. The van der Waals surface area contributed by atoms with Crippen molar-refractivity contribution in [2.45, 2.75) is 19.8 Å². The molecule has 0 aromatic rings. The molecule has 76 valence electrons. The molecule has 0 bridgehead atoms. The largest absolute Gasteiger partial charge is 0.481 e. The van der Waals surface area contributed by atoms with Gasteiger partial charge in [0.1, 0.15) is 0 Å². The first-order valence-corrected chi connectivity index (χ1v) is 1.99. The number of hydrogen-bond acceptors (Lipinski definition) is 1. The molecule has 0 amide bonds. The van der Waals surface area contributed by atoms with Gasteiger partial charge in [-0.25, -0.2) is 0 Å². The second-order valence-corrected chi connectivity index (χ2v) is 1.14. The molecule has 0 aliphatic carbocycles. The lowest BCUT2D eigenvalue weighted by molar-refractivity contribution is -0.137. The number of carbonyl (C=O) groups is 1. The maximum absolute atomic E-state index is 9.60. The Morgan fingerprint density at radius 3 is 1.36 bits per heavy atom. The third kappa shape index (κ3) is 95.1. The number of rotatable bonds is 2. The Kier molecular flexibility index (Phi) is 153. The summed E-state index contributed by atoms with van der Waals surface area (Å²) in [5.41, 5.74) is 0. The highest BCUT2D eigenvalue weighted by Gasteiger charge is 1.87. The predicted molar refractivity (Wildman–Crippen MR) is 40.6 cm³/mol. The number of aliphatic carboxylic acids is 1. The van der Waals surface area contributed by atoms with E-state index in [2.05, 4.69) is 0 Å². The molecule has 0 unspecified atom stereocenters. The Morgan fingerprint density at radius 1 is 1.09 bits per heavy atom. The zero-order chi connectivity index (χ0) is 4.99. The molecule has 0 spiro atoms. The third-order valence-electron chi connectivity index (χ3n) is 0.464. The molecule has 0 rings (SSSR count). The molecule has 0 aromatic carbocycles. The zero-order valence-electron chi connectivity index (χ0n) is 6.27. The molecule has 0 heterocycles. The highest BCUT2D eigenvalue weighted by atomic mass is 16.4. The van der Waals surface area contributed by atoms with E-state index in [1.807, 2.05) is 6.92 Å². The van der Waals surface area contributed by atoms with Gasteiger partial charge in [-0.2, -0.15) is 0 Å². The molecule has 0 aromatic heterocycles. The van der Waals surface area contributed by atoms with Crippen LogP contribution in [0.1, 0.15) is 19.8 Å². The fourth-order valence-corrected chi connectivity index (χ4v) is 0.214. The molecule has 0 aliphatic heterocycles. The lowest BCUT2D eigenvalue weighted by Crippen LogP contribution is -1.90. The van der Waals surface area contributed by atoms with E-state index in [-0.39, 0.29) is 27.4 Å². The quantitative estimate of drug-likeness (QED) is 0.463. The van der Waals surface area contributed by atoms with Gasteiger partial charge in [-0.15, -0.1) is 0 Å². The Hall–Kier alpha value is -0.730. The topological polar surface area (TPSA) is 195 Å². The van der Waals surface area contributed by atoms with E-state index in [9.17, 15) is 4.79 Å². The van der Waals surface area contributed by atoms with Crippen molar-refractivity contribution in [3.63, 3.8) is 0 Å². The summed E-state index contributed by atoms with van der Waals surface area (Å²) in [5, 5.41) is 7.91. The van der Waals surface area contributed by atoms with Crippen molar-refractivity contribution in [1.82, 2.24) is 0 Å². The predicted octanol–water partition coefficient (Wildman–Crippen LogP) is -3.25. The molecular formula is C4H18O7. The molecule has 0 radical (unpaired) electrons. The second kappa shape index (κ2) is 34.8. The fraction of sp³-hybridized carbons (Fsp3) is 0.750. The van der Waals surface area contributed by atoms with Crippen LogP contribution in [0.25, 0.3) is 0 Å². The van der Waals surface area contributed by atoms with Crippen LogP contribution < -0.4 is 0 Å². The monoisotopic (exact) mass is 178 g/mol. The first-order chi connectivity index (χ1) is 2.77. The Balaban J connectivity index is -0.0000000125. The van der Waals surface area contributed by atoms with Gasteiger partial charge in [-0.05, 0) is 6.42 Å². The van der Waals surface area contributed by atoms with E-state index in [4.69, 9.17) is 5.11 Å². The van der Waals surface area contributed by atoms with Gasteiger partial charge >= 0.3 is 5.97 Å². The molecular weight excluding hydrogens is 160 g/mol. The van der Waals surface area contributed by atoms with Crippen LogP contribution in [0.15, 0.2) is 0 Å². The van der Waals surface area contributed by atoms with Crippen molar-refractivity contribution in [3.8, 4) is 0 Å². The second-order valence-electron chi connectivity index (χ2n) is 1.14. The maximum atomic E-state index is 9.60. The van der Waals surface area contributed by atoms with Gasteiger partial charge in [0.15, 0.2) is 0 Å². The molecule has 0 fully saturated rings. The number of carboxylic acid groups (broad SMARTS) is 1. The maximum Gasteiger partial charge on any atom is 0.303 e. The fourth-order valence-electron chi connectivity index (χ4n) is 0.214. The van der Waals surface area contributed by atoms with E-state index < -0.39 is 5.97 Å². The summed E-state index contributed by atoms with van der Waals surface area (Å²) in [6.07, 6.45) is 1.02. The third-order valence-corrected chi connectivity index (χ3v) is 0.464. The number of carboxylic acids is 1. The van der Waals surface area contributed by atoms with E-state index >= 15 is 0 Å². The molecule has 0 atom stereocenters. The van der Waals surface area contributed by atoms with Crippen LogP contribution in [-0.4, -0.2) is 38.5 Å². The summed E-state index contributed by atoms with van der Waals surface area (Å²) >= 11 is 0. The van der Waals surface area contributed by atoms with Gasteiger partial charge in [0.05, 0.1) is 0 Å². The van der Waals surface area contributed by atoms with Crippen LogP contribution in [0, 0.1) is 0 Å². The summed E-state index contributed by atoms with van der Waals surface area (Å²) in [6.45, 7) is 1.84.